The number of fused-ring (bicyclic) bond motifs is 1. The van der Waals surface area contributed by atoms with Crippen LogP contribution in [0.1, 0.15) is 12.8 Å². The van der Waals surface area contributed by atoms with Crippen molar-refractivity contribution in [1.82, 2.24) is 14.9 Å². The Bertz CT molecular complexity index is 705. The van der Waals surface area contributed by atoms with E-state index in [1.54, 1.807) is 12.4 Å². The first-order valence-electron chi connectivity index (χ1n) is 9.14. The highest BCUT2D eigenvalue weighted by Crippen LogP contribution is 2.35. The topological polar surface area (TPSA) is 60.0 Å². The number of anilines is 1. The van der Waals surface area contributed by atoms with Gasteiger partial charge in [0.1, 0.15) is 11.6 Å². The second-order valence-corrected chi connectivity index (χ2v) is 6.46. The molecule has 26 heavy (non-hydrogen) atoms. The Kier molecular flexibility index (Phi) is 5.35. The third-order valence-corrected chi connectivity index (χ3v) is 4.73. The lowest BCUT2D eigenvalue weighted by Crippen LogP contribution is -2.47. The van der Waals surface area contributed by atoms with Crippen LogP contribution in [0.5, 0.6) is 17.2 Å². The molecule has 0 radical (unpaired) electrons. The number of hydrogen-bond acceptors (Lipinski definition) is 7. The second kappa shape index (κ2) is 8.23. The summed E-state index contributed by atoms with van der Waals surface area (Å²) in [6.07, 6.45) is 7.48. The minimum absolute atomic E-state index is 0.295. The molecule has 7 heteroatoms. The largest absolute Gasteiger partial charge is 0.493 e. The number of nitrogens with zero attached hydrogens (tertiary/aromatic N) is 4. The van der Waals surface area contributed by atoms with Gasteiger partial charge in [0.2, 0.25) is 6.79 Å². The SMILES string of the molecule is c1cnc(N2CCN(CCCCOc3ccc4c(c3)OCO4)CC2)cn1. The predicted octanol–water partition coefficient (Wildman–Crippen LogP) is 2.19. The minimum atomic E-state index is 0.295. The summed E-state index contributed by atoms with van der Waals surface area (Å²) in [5.74, 6) is 3.37. The third-order valence-electron chi connectivity index (χ3n) is 4.73. The molecule has 2 aromatic rings. The van der Waals surface area contributed by atoms with Gasteiger partial charge >= 0.3 is 0 Å². The Morgan fingerprint density at radius 2 is 1.88 bits per heavy atom. The van der Waals surface area contributed by atoms with E-state index in [9.17, 15) is 0 Å². The molecular formula is C19H24N4O3. The number of ether oxygens (including phenoxy) is 3. The summed E-state index contributed by atoms with van der Waals surface area (Å²) in [6.45, 7) is 6.28. The fourth-order valence-corrected chi connectivity index (χ4v) is 3.25. The maximum absolute atomic E-state index is 5.82. The molecule has 1 saturated heterocycles. The standard InChI is InChI=1S/C19H24N4O3/c1(2-12-24-16-3-4-17-18(13-16)26-15-25-17)7-22-8-10-23(11-9-22)19-14-20-5-6-21-19/h3-6,13-14H,1-2,7-12,15H2. The Morgan fingerprint density at radius 3 is 2.73 bits per heavy atom. The van der Waals surface area contributed by atoms with E-state index in [4.69, 9.17) is 14.2 Å². The van der Waals surface area contributed by atoms with Gasteiger partial charge in [-0.25, -0.2) is 4.98 Å². The van der Waals surface area contributed by atoms with Crippen molar-refractivity contribution in [2.75, 3.05) is 51.0 Å². The molecule has 4 rings (SSSR count). The highest BCUT2D eigenvalue weighted by Gasteiger charge is 2.17. The Morgan fingerprint density at radius 1 is 1.00 bits per heavy atom. The molecule has 0 saturated carbocycles. The van der Waals surface area contributed by atoms with Crippen LogP contribution in [0.4, 0.5) is 5.82 Å². The summed E-state index contributed by atoms with van der Waals surface area (Å²) in [6, 6.07) is 5.72. The fraction of sp³-hybridized carbons (Fsp3) is 0.474. The third kappa shape index (κ3) is 4.16. The zero-order valence-corrected chi connectivity index (χ0v) is 14.8. The average Bonchev–Trinajstić information content (AvgIpc) is 3.17. The highest BCUT2D eigenvalue weighted by atomic mass is 16.7. The first-order chi connectivity index (χ1) is 12.9. The molecule has 0 bridgehead atoms. The highest BCUT2D eigenvalue weighted by molar-refractivity contribution is 5.46. The lowest BCUT2D eigenvalue weighted by molar-refractivity contribution is 0.173. The summed E-state index contributed by atoms with van der Waals surface area (Å²) in [4.78, 5) is 13.3. The molecule has 138 valence electrons. The zero-order chi connectivity index (χ0) is 17.6. The quantitative estimate of drug-likeness (QED) is 0.705. The van der Waals surface area contributed by atoms with E-state index in [-0.39, 0.29) is 0 Å². The van der Waals surface area contributed by atoms with Gasteiger partial charge in [0.25, 0.3) is 0 Å². The van der Waals surface area contributed by atoms with Crippen LogP contribution in [0.3, 0.4) is 0 Å². The van der Waals surface area contributed by atoms with Crippen molar-refractivity contribution in [3.63, 3.8) is 0 Å². The van der Waals surface area contributed by atoms with E-state index >= 15 is 0 Å². The van der Waals surface area contributed by atoms with E-state index in [0.717, 1.165) is 75.2 Å². The number of rotatable bonds is 7. The summed E-state index contributed by atoms with van der Waals surface area (Å²) in [5, 5.41) is 0. The number of unbranched alkanes of at least 4 members (excludes halogenated alkanes) is 1. The van der Waals surface area contributed by atoms with E-state index in [1.807, 2.05) is 24.4 Å². The van der Waals surface area contributed by atoms with Gasteiger partial charge in [-0.1, -0.05) is 0 Å². The van der Waals surface area contributed by atoms with Crippen LogP contribution in [0.25, 0.3) is 0 Å². The normalized spacial score (nSPS) is 16.7. The minimum Gasteiger partial charge on any atom is -0.493 e. The molecule has 0 aliphatic carbocycles. The van der Waals surface area contributed by atoms with Gasteiger partial charge in [-0.2, -0.15) is 0 Å². The van der Waals surface area contributed by atoms with Crippen molar-refractivity contribution in [1.29, 1.82) is 0 Å². The average molecular weight is 356 g/mol. The van der Waals surface area contributed by atoms with Crippen LogP contribution in [0, 0.1) is 0 Å². The molecule has 7 nitrogen and oxygen atoms in total. The zero-order valence-electron chi connectivity index (χ0n) is 14.8. The van der Waals surface area contributed by atoms with Crippen molar-refractivity contribution in [3.05, 3.63) is 36.8 Å². The number of aromatic nitrogens is 2. The van der Waals surface area contributed by atoms with Crippen molar-refractivity contribution >= 4 is 5.82 Å². The van der Waals surface area contributed by atoms with E-state index in [1.165, 1.54) is 0 Å². The van der Waals surface area contributed by atoms with E-state index < -0.39 is 0 Å². The Balaban J connectivity index is 1.12. The fourth-order valence-electron chi connectivity index (χ4n) is 3.25. The molecule has 0 spiro atoms. The second-order valence-electron chi connectivity index (χ2n) is 6.46. The molecule has 2 aliphatic heterocycles. The molecule has 0 unspecified atom stereocenters. The first kappa shape index (κ1) is 16.9. The molecule has 1 fully saturated rings. The molecule has 1 aromatic heterocycles. The Labute approximate surface area is 153 Å². The summed E-state index contributed by atoms with van der Waals surface area (Å²) in [5.41, 5.74) is 0. The van der Waals surface area contributed by atoms with Crippen LogP contribution in [0.15, 0.2) is 36.8 Å². The molecule has 0 amide bonds. The Hall–Kier alpha value is -2.54. The maximum Gasteiger partial charge on any atom is 0.231 e. The maximum atomic E-state index is 5.82. The van der Waals surface area contributed by atoms with Crippen LogP contribution in [-0.2, 0) is 0 Å². The predicted molar refractivity (Wildman–Crippen MR) is 98.0 cm³/mol. The smallest absolute Gasteiger partial charge is 0.231 e. The van der Waals surface area contributed by atoms with Gasteiger partial charge < -0.3 is 19.1 Å². The number of benzene rings is 1. The van der Waals surface area contributed by atoms with Crippen molar-refractivity contribution in [3.8, 4) is 17.2 Å². The van der Waals surface area contributed by atoms with Gasteiger partial charge in [0.05, 0.1) is 12.8 Å². The molecule has 1 aromatic carbocycles. The van der Waals surface area contributed by atoms with Crippen LogP contribution >= 0.6 is 0 Å². The number of hydrogen-bond donors (Lipinski definition) is 0. The summed E-state index contributed by atoms with van der Waals surface area (Å²) >= 11 is 0. The van der Waals surface area contributed by atoms with Gasteiger partial charge in [-0.3, -0.25) is 9.88 Å². The van der Waals surface area contributed by atoms with Gasteiger partial charge in [-0.05, 0) is 31.5 Å². The van der Waals surface area contributed by atoms with Crippen molar-refractivity contribution in [2.45, 2.75) is 12.8 Å². The number of piperazine rings is 1. The molecule has 0 atom stereocenters. The monoisotopic (exact) mass is 356 g/mol. The summed E-state index contributed by atoms with van der Waals surface area (Å²) in [7, 11) is 0. The van der Waals surface area contributed by atoms with E-state index in [2.05, 4.69) is 19.8 Å². The summed E-state index contributed by atoms with van der Waals surface area (Å²) < 4.78 is 16.5. The van der Waals surface area contributed by atoms with Gasteiger partial charge in [0, 0.05) is 44.6 Å². The van der Waals surface area contributed by atoms with Crippen molar-refractivity contribution in [2.24, 2.45) is 0 Å². The molecule has 0 N–H and O–H groups in total. The lowest BCUT2D eigenvalue weighted by atomic mass is 10.2. The molecule has 3 heterocycles. The lowest BCUT2D eigenvalue weighted by Gasteiger charge is -2.35. The van der Waals surface area contributed by atoms with Gasteiger partial charge in [-0.15, -0.1) is 0 Å². The van der Waals surface area contributed by atoms with Gasteiger partial charge in [0.15, 0.2) is 11.5 Å². The van der Waals surface area contributed by atoms with Crippen LogP contribution in [0.2, 0.25) is 0 Å². The van der Waals surface area contributed by atoms with Crippen LogP contribution < -0.4 is 19.1 Å². The molecule has 2 aliphatic rings. The van der Waals surface area contributed by atoms with E-state index in [0.29, 0.717) is 6.79 Å². The molecular weight excluding hydrogens is 332 g/mol. The van der Waals surface area contributed by atoms with Crippen molar-refractivity contribution < 1.29 is 14.2 Å². The van der Waals surface area contributed by atoms with Crippen LogP contribution in [-0.4, -0.2) is 61.0 Å². The first-order valence-corrected chi connectivity index (χ1v) is 9.14.